The number of carbonyl (C=O) groups excluding carboxylic acids is 2. The molecule has 2 atom stereocenters. The average molecular weight is 322 g/mol. The molecule has 1 heterocycles. The first kappa shape index (κ1) is 15.7. The predicted octanol–water partition coefficient (Wildman–Crippen LogP) is 1.59. The maximum absolute atomic E-state index is 13.4. The van der Waals surface area contributed by atoms with E-state index in [0.717, 1.165) is 12.8 Å². The molecular formula is C16H19FN2O4. The largest absolute Gasteiger partial charge is 0.491 e. The van der Waals surface area contributed by atoms with E-state index in [-0.39, 0.29) is 0 Å². The first-order valence-corrected chi connectivity index (χ1v) is 7.71. The third kappa shape index (κ3) is 3.98. The number of hydrogen-bond donors (Lipinski definition) is 2. The van der Waals surface area contributed by atoms with Crippen LogP contribution >= 0.6 is 0 Å². The van der Waals surface area contributed by atoms with Gasteiger partial charge < -0.3 is 20.5 Å². The highest BCUT2D eigenvalue weighted by Crippen LogP contribution is 2.32. The van der Waals surface area contributed by atoms with Crippen LogP contribution in [0.2, 0.25) is 0 Å². The summed E-state index contributed by atoms with van der Waals surface area (Å²) < 4.78 is 24.3. The van der Waals surface area contributed by atoms with Crippen molar-refractivity contribution in [3.63, 3.8) is 0 Å². The Hall–Kier alpha value is -2.15. The second kappa shape index (κ2) is 6.54. The van der Waals surface area contributed by atoms with Crippen molar-refractivity contribution in [2.45, 2.75) is 37.9 Å². The standard InChI is InChI=1S/C16H19FN2O4/c17-10-3-4-11(14(7-10)22-8-9-1-2-9)19-16(21)13-6-5-12(23-13)15(18)20/h3-4,7,9,12-13H,1-2,5-6,8H2,(H2,18,20)(H,19,21)/t12-,13-/m0/s1. The third-order valence-electron chi connectivity index (χ3n) is 4.00. The molecule has 1 aromatic rings. The van der Waals surface area contributed by atoms with Gasteiger partial charge in [0.1, 0.15) is 23.8 Å². The van der Waals surface area contributed by atoms with Gasteiger partial charge in [-0.05, 0) is 43.7 Å². The van der Waals surface area contributed by atoms with Crippen LogP contribution < -0.4 is 15.8 Å². The Kier molecular flexibility index (Phi) is 4.47. The van der Waals surface area contributed by atoms with Gasteiger partial charge in [-0.3, -0.25) is 9.59 Å². The maximum Gasteiger partial charge on any atom is 0.253 e. The second-order valence-corrected chi connectivity index (χ2v) is 5.98. The van der Waals surface area contributed by atoms with Crippen LogP contribution in [0.25, 0.3) is 0 Å². The number of carbonyl (C=O) groups is 2. The van der Waals surface area contributed by atoms with E-state index in [1.807, 2.05) is 0 Å². The van der Waals surface area contributed by atoms with Crippen LogP contribution in [-0.4, -0.2) is 30.6 Å². The quantitative estimate of drug-likeness (QED) is 0.832. The van der Waals surface area contributed by atoms with Crippen molar-refractivity contribution in [3.8, 4) is 5.75 Å². The van der Waals surface area contributed by atoms with Crippen LogP contribution in [0.15, 0.2) is 18.2 Å². The Bertz CT molecular complexity index is 618. The maximum atomic E-state index is 13.4. The fourth-order valence-electron chi connectivity index (χ4n) is 2.46. The van der Waals surface area contributed by atoms with E-state index < -0.39 is 29.8 Å². The highest BCUT2D eigenvalue weighted by molar-refractivity contribution is 5.96. The zero-order valence-electron chi connectivity index (χ0n) is 12.6. The molecule has 2 fully saturated rings. The van der Waals surface area contributed by atoms with E-state index in [1.165, 1.54) is 18.2 Å². The minimum Gasteiger partial charge on any atom is -0.491 e. The molecule has 0 bridgehead atoms. The highest BCUT2D eigenvalue weighted by atomic mass is 19.1. The Balaban J connectivity index is 1.64. The molecule has 1 aliphatic heterocycles. The summed E-state index contributed by atoms with van der Waals surface area (Å²) in [5.74, 6) is -0.585. The average Bonchev–Trinajstić information content (AvgIpc) is 3.20. The van der Waals surface area contributed by atoms with Gasteiger partial charge >= 0.3 is 0 Å². The molecule has 0 radical (unpaired) electrons. The molecule has 6 nitrogen and oxygen atoms in total. The number of rotatable bonds is 6. The first-order chi connectivity index (χ1) is 11.0. The van der Waals surface area contributed by atoms with Crippen molar-refractivity contribution >= 4 is 17.5 Å². The van der Waals surface area contributed by atoms with E-state index in [2.05, 4.69) is 5.32 Å². The van der Waals surface area contributed by atoms with Gasteiger partial charge in [-0.15, -0.1) is 0 Å². The van der Waals surface area contributed by atoms with E-state index >= 15 is 0 Å². The summed E-state index contributed by atoms with van der Waals surface area (Å²) in [5.41, 5.74) is 5.56. The Morgan fingerprint density at radius 1 is 1.26 bits per heavy atom. The number of hydrogen-bond acceptors (Lipinski definition) is 4. The van der Waals surface area contributed by atoms with Gasteiger partial charge in [0.05, 0.1) is 12.3 Å². The summed E-state index contributed by atoms with van der Waals surface area (Å²) in [7, 11) is 0. The third-order valence-corrected chi connectivity index (χ3v) is 4.00. The molecule has 0 spiro atoms. The highest BCUT2D eigenvalue weighted by Gasteiger charge is 2.34. The molecule has 2 amide bonds. The Morgan fingerprint density at radius 2 is 2.00 bits per heavy atom. The second-order valence-electron chi connectivity index (χ2n) is 5.98. The van der Waals surface area contributed by atoms with Crippen LogP contribution in [0.3, 0.4) is 0 Å². The lowest BCUT2D eigenvalue weighted by molar-refractivity contribution is -0.134. The minimum atomic E-state index is -0.742. The fourth-order valence-corrected chi connectivity index (χ4v) is 2.46. The molecule has 7 heteroatoms. The lowest BCUT2D eigenvalue weighted by atomic mass is 10.2. The SMILES string of the molecule is NC(=O)[C@@H]1CC[C@@H](C(=O)Nc2ccc(F)cc2OCC2CC2)O1. The smallest absolute Gasteiger partial charge is 0.253 e. The molecule has 1 aromatic carbocycles. The van der Waals surface area contributed by atoms with Crippen molar-refractivity contribution < 1.29 is 23.5 Å². The normalized spacial score (nSPS) is 23.5. The summed E-state index contributed by atoms with van der Waals surface area (Å²) >= 11 is 0. The monoisotopic (exact) mass is 322 g/mol. The van der Waals surface area contributed by atoms with Crippen molar-refractivity contribution in [1.29, 1.82) is 0 Å². The van der Waals surface area contributed by atoms with Gasteiger partial charge in [-0.1, -0.05) is 0 Å². The van der Waals surface area contributed by atoms with Gasteiger partial charge in [-0.2, -0.15) is 0 Å². The van der Waals surface area contributed by atoms with Crippen molar-refractivity contribution in [2.24, 2.45) is 11.7 Å². The molecule has 23 heavy (non-hydrogen) atoms. The zero-order valence-corrected chi connectivity index (χ0v) is 12.6. The number of ether oxygens (including phenoxy) is 2. The van der Waals surface area contributed by atoms with E-state index in [1.54, 1.807) is 0 Å². The Labute approximate surface area is 133 Å². The van der Waals surface area contributed by atoms with Crippen molar-refractivity contribution in [2.75, 3.05) is 11.9 Å². The van der Waals surface area contributed by atoms with Crippen LogP contribution in [0.5, 0.6) is 5.75 Å². The molecule has 1 saturated carbocycles. The van der Waals surface area contributed by atoms with Gasteiger partial charge in [0.25, 0.3) is 5.91 Å². The van der Waals surface area contributed by atoms with Gasteiger partial charge in [0.2, 0.25) is 5.91 Å². The van der Waals surface area contributed by atoms with Crippen LogP contribution in [0, 0.1) is 11.7 Å². The first-order valence-electron chi connectivity index (χ1n) is 7.71. The molecule has 1 aliphatic carbocycles. The van der Waals surface area contributed by atoms with E-state index in [4.69, 9.17) is 15.2 Å². The fraction of sp³-hybridized carbons (Fsp3) is 0.500. The number of halogens is 1. The lowest BCUT2D eigenvalue weighted by Gasteiger charge is -2.15. The summed E-state index contributed by atoms with van der Waals surface area (Å²) in [6, 6.07) is 3.96. The van der Waals surface area contributed by atoms with Gasteiger partial charge in [-0.25, -0.2) is 4.39 Å². The topological polar surface area (TPSA) is 90.7 Å². The molecule has 1 saturated heterocycles. The predicted molar refractivity (Wildman–Crippen MR) is 80.3 cm³/mol. The summed E-state index contributed by atoms with van der Waals surface area (Å²) in [6.45, 7) is 0.510. The number of primary amides is 1. The Morgan fingerprint density at radius 3 is 2.65 bits per heavy atom. The molecular weight excluding hydrogens is 303 g/mol. The van der Waals surface area contributed by atoms with Crippen LogP contribution in [0.4, 0.5) is 10.1 Å². The molecule has 3 N–H and O–H groups in total. The molecule has 2 aliphatic rings. The number of benzene rings is 1. The van der Waals surface area contributed by atoms with E-state index in [9.17, 15) is 14.0 Å². The molecule has 0 unspecified atom stereocenters. The van der Waals surface area contributed by atoms with Crippen molar-refractivity contribution in [3.05, 3.63) is 24.0 Å². The van der Waals surface area contributed by atoms with Crippen LogP contribution in [-0.2, 0) is 14.3 Å². The van der Waals surface area contributed by atoms with Crippen LogP contribution in [0.1, 0.15) is 25.7 Å². The number of amides is 2. The minimum absolute atomic E-state index is 0.301. The summed E-state index contributed by atoms with van der Waals surface area (Å²) in [5, 5.41) is 2.68. The summed E-state index contributed by atoms with van der Waals surface area (Å²) in [4.78, 5) is 23.3. The number of nitrogens with two attached hydrogens (primary N) is 1. The van der Waals surface area contributed by atoms with Gasteiger partial charge in [0, 0.05) is 6.07 Å². The number of nitrogens with one attached hydrogen (secondary N) is 1. The molecule has 0 aromatic heterocycles. The van der Waals surface area contributed by atoms with Crippen molar-refractivity contribution in [1.82, 2.24) is 0 Å². The summed E-state index contributed by atoms with van der Waals surface area (Å²) in [6.07, 6.45) is 1.59. The van der Waals surface area contributed by atoms with Gasteiger partial charge in [0.15, 0.2) is 0 Å². The molecule has 3 rings (SSSR count). The molecule has 124 valence electrons. The lowest BCUT2D eigenvalue weighted by Crippen LogP contribution is -2.32. The zero-order chi connectivity index (χ0) is 16.4. The number of anilines is 1. The van der Waals surface area contributed by atoms with E-state index in [0.29, 0.717) is 36.8 Å².